The number of benzene rings is 1. The van der Waals surface area contributed by atoms with Crippen molar-refractivity contribution in [1.29, 1.82) is 0 Å². The monoisotopic (exact) mass is 252 g/mol. The molecule has 0 fully saturated rings. The molecule has 0 aliphatic heterocycles. The van der Waals surface area contributed by atoms with Crippen LogP contribution in [-0.2, 0) is 4.79 Å². The van der Waals surface area contributed by atoms with Gasteiger partial charge in [0.25, 0.3) is 0 Å². The summed E-state index contributed by atoms with van der Waals surface area (Å²) >= 11 is 1.59. The van der Waals surface area contributed by atoms with E-state index < -0.39 is 0 Å². The third-order valence-corrected chi connectivity index (χ3v) is 3.50. The van der Waals surface area contributed by atoms with E-state index in [9.17, 15) is 4.79 Å². The van der Waals surface area contributed by atoms with Crippen LogP contribution in [0.15, 0.2) is 30.3 Å². The van der Waals surface area contributed by atoms with Gasteiger partial charge in [-0.05, 0) is 26.0 Å². The quantitative estimate of drug-likeness (QED) is 0.843. The summed E-state index contributed by atoms with van der Waals surface area (Å²) in [5.41, 5.74) is 6.61. The highest BCUT2D eigenvalue weighted by molar-refractivity contribution is 8.00. The summed E-state index contributed by atoms with van der Waals surface area (Å²) in [7, 11) is 0. The molecule has 1 aromatic rings. The molecule has 0 aromatic heterocycles. The fourth-order valence-corrected chi connectivity index (χ4v) is 2.34. The van der Waals surface area contributed by atoms with E-state index in [1.807, 2.05) is 44.2 Å². The van der Waals surface area contributed by atoms with Crippen LogP contribution >= 0.6 is 11.8 Å². The zero-order valence-electron chi connectivity index (χ0n) is 10.4. The van der Waals surface area contributed by atoms with E-state index in [0.29, 0.717) is 12.3 Å². The second-order valence-corrected chi connectivity index (χ2v) is 5.00. The molecule has 1 unspecified atom stereocenters. The topological polar surface area (TPSA) is 46.3 Å². The maximum Gasteiger partial charge on any atom is 0.236 e. The van der Waals surface area contributed by atoms with Crippen LogP contribution in [0, 0.1) is 0 Å². The standard InChI is InChI=1S/C13H20N2OS/c1-3-15(12-7-5-4-6-8-12)13(16)10-17-9-11(2)14/h4-8,11H,3,9-10,14H2,1-2H3. The van der Waals surface area contributed by atoms with Gasteiger partial charge in [0.05, 0.1) is 5.75 Å². The predicted molar refractivity (Wildman–Crippen MR) is 75.4 cm³/mol. The molecular formula is C13H20N2OS. The highest BCUT2D eigenvalue weighted by Crippen LogP contribution is 2.14. The van der Waals surface area contributed by atoms with Crippen LogP contribution in [0.4, 0.5) is 5.69 Å². The van der Waals surface area contributed by atoms with Gasteiger partial charge in [-0.15, -0.1) is 0 Å². The Morgan fingerprint density at radius 1 is 1.41 bits per heavy atom. The van der Waals surface area contributed by atoms with Gasteiger partial charge >= 0.3 is 0 Å². The first kappa shape index (κ1) is 14.1. The van der Waals surface area contributed by atoms with Crippen molar-refractivity contribution in [3.63, 3.8) is 0 Å². The lowest BCUT2D eigenvalue weighted by Crippen LogP contribution is -2.32. The Kier molecular flexibility index (Phi) is 6.08. The van der Waals surface area contributed by atoms with Gasteiger partial charge in [0.2, 0.25) is 5.91 Å². The van der Waals surface area contributed by atoms with E-state index in [1.165, 1.54) is 0 Å². The summed E-state index contributed by atoms with van der Waals surface area (Å²) in [6, 6.07) is 9.89. The van der Waals surface area contributed by atoms with Gasteiger partial charge in [-0.1, -0.05) is 18.2 Å². The molecule has 0 spiro atoms. The first-order valence-electron chi connectivity index (χ1n) is 5.84. The van der Waals surface area contributed by atoms with E-state index in [2.05, 4.69) is 0 Å². The van der Waals surface area contributed by atoms with Gasteiger partial charge in [-0.25, -0.2) is 0 Å². The number of nitrogens with two attached hydrogens (primary N) is 1. The van der Waals surface area contributed by atoms with E-state index in [4.69, 9.17) is 5.73 Å². The molecular weight excluding hydrogens is 232 g/mol. The number of para-hydroxylation sites is 1. The lowest BCUT2D eigenvalue weighted by Gasteiger charge is -2.21. The van der Waals surface area contributed by atoms with Crippen LogP contribution in [0.5, 0.6) is 0 Å². The fourth-order valence-electron chi connectivity index (χ4n) is 1.52. The number of thioether (sulfide) groups is 1. The van der Waals surface area contributed by atoms with Crippen LogP contribution in [0.25, 0.3) is 0 Å². The first-order valence-corrected chi connectivity index (χ1v) is 6.99. The van der Waals surface area contributed by atoms with Crippen molar-refractivity contribution >= 4 is 23.4 Å². The Hall–Kier alpha value is -1.00. The third-order valence-electron chi connectivity index (χ3n) is 2.29. The number of hydrogen-bond acceptors (Lipinski definition) is 3. The lowest BCUT2D eigenvalue weighted by atomic mass is 10.3. The maximum atomic E-state index is 12.0. The van der Waals surface area contributed by atoms with Gasteiger partial charge in [-0.2, -0.15) is 11.8 Å². The van der Waals surface area contributed by atoms with Crippen LogP contribution in [-0.4, -0.2) is 30.0 Å². The molecule has 94 valence electrons. The van der Waals surface area contributed by atoms with Gasteiger partial charge in [0.15, 0.2) is 0 Å². The van der Waals surface area contributed by atoms with Gasteiger partial charge < -0.3 is 10.6 Å². The molecule has 3 nitrogen and oxygen atoms in total. The second-order valence-electron chi connectivity index (χ2n) is 3.97. The Bertz CT molecular complexity index is 341. The summed E-state index contributed by atoms with van der Waals surface area (Å²) in [6.45, 7) is 4.63. The summed E-state index contributed by atoms with van der Waals surface area (Å²) in [4.78, 5) is 13.8. The normalized spacial score (nSPS) is 12.2. The number of anilines is 1. The summed E-state index contributed by atoms with van der Waals surface area (Å²) in [5, 5.41) is 0. The van der Waals surface area contributed by atoms with E-state index >= 15 is 0 Å². The minimum Gasteiger partial charge on any atom is -0.327 e. The third kappa shape index (κ3) is 4.79. The van der Waals surface area contributed by atoms with Crippen LogP contribution in [0.2, 0.25) is 0 Å². The molecule has 1 atom stereocenters. The Morgan fingerprint density at radius 2 is 2.06 bits per heavy atom. The summed E-state index contributed by atoms with van der Waals surface area (Å²) in [6.07, 6.45) is 0. The first-order chi connectivity index (χ1) is 8.15. The van der Waals surface area contributed by atoms with Crippen LogP contribution in [0.1, 0.15) is 13.8 Å². The zero-order valence-corrected chi connectivity index (χ0v) is 11.2. The second kappa shape index (κ2) is 7.35. The fraction of sp³-hybridized carbons (Fsp3) is 0.462. The molecule has 0 saturated carbocycles. The van der Waals surface area contributed by atoms with Crippen LogP contribution < -0.4 is 10.6 Å². The highest BCUT2D eigenvalue weighted by Gasteiger charge is 2.13. The van der Waals surface area contributed by atoms with E-state index in [0.717, 1.165) is 11.4 Å². The van der Waals surface area contributed by atoms with Gasteiger partial charge in [-0.3, -0.25) is 4.79 Å². The highest BCUT2D eigenvalue weighted by atomic mass is 32.2. The SMILES string of the molecule is CCN(C(=O)CSCC(C)N)c1ccccc1. The predicted octanol–water partition coefficient (Wildman–Crippen LogP) is 2.12. The molecule has 2 N–H and O–H groups in total. The largest absolute Gasteiger partial charge is 0.327 e. The Labute approximate surface area is 107 Å². The Balaban J connectivity index is 2.53. The molecule has 0 radical (unpaired) electrons. The molecule has 4 heteroatoms. The average molecular weight is 252 g/mol. The molecule has 0 saturated heterocycles. The van der Waals surface area contributed by atoms with E-state index in [-0.39, 0.29) is 11.9 Å². The van der Waals surface area contributed by atoms with Crippen molar-refractivity contribution in [1.82, 2.24) is 0 Å². The minimum atomic E-state index is 0.139. The van der Waals surface area contributed by atoms with Crippen molar-refractivity contribution < 1.29 is 4.79 Å². The molecule has 0 aliphatic rings. The smallest absolute Gasteiger partial charge is 0.236 e. The zero-order chi connectivity index (χ0) is 12.7. The van der Waals surface area contributed by atoms with E-state index in [1.54, 1.807) is 16.7 Å². The molecule has 0 heterocycles. The Morgan fingerprint density at radius 3 is 2.59 bits per heavy atom. The summed E-state index contributed by atoms with van der Waals surface area (Å²) in [5.74, 6) is 1.45. The van der Waals surface area contributed by atoms with Crippen molar-refractivity contribution in [2.45, 2.75) is 19.9 Å². The van der Waals surface area contributed by atoms with Crippen molar-refractivity contribution in [2.75, 3.05) is 23.0 Å². The summed E-state index contributed by atoms with van der Waals surface area (Å²) < 4.78 is 0. The van der Waals surface area contributed by atoms with Crippen molar-refractivity contribution in [3.8, 4) is 0 Å². The minimum absolute atomic E-state index is 0.139. The van der Waals surface area contributed by atoms with Crippen molar-refractivity contribution in [3.05, 3.63) is 30.3 Å². The number of amides is 1. The number of carbonyl (C=O) groups excluding carboxylic acids is 1. The number of rotatable bonds is 6. The van der Waals surface area contributed by atoms with Gasteiger partial charge in [0, 0.05) is 24.0 Å². The molecule has 17 heavy (non-hydrogen) atoms. The molecule has 0 bridgehead atoms. The molecule has 1 aromatic carbocycles. The van der Waals surface area contributed by atoms with Crippen LogP contribution in [0.3, 0.4) is 0 Å². The average Bonchev–Trinajstić information content (AvgIpc) is 2.31. The van der Waals surface area contributed by atoms with Gasteiger partial charge in [0.1, 0.15) is 0 Å². The number of nitrogens with zero attached hydrogens (tertiary/aromatic N) is 1. The number of carbonyl (C=O) groups is 1. The lowest BCUT2D eigenvalue weighted by molar-refractivity contribution is -0.116. The molecule has 0 aliphatic carbocycles. The molecule has 1 amide bonds. The van der Waals surface area contributed by atoms with Crippen molar-refractivity contribution in [2.24, 2.45) is 5.73 Å². The maximum absolute atomic E-state index is 12.0. The molecule has 1 rings (SSSR count). The number of hydrogen-bond donors (Lipinski definition) is 1.